The molecule has 0 aromatic carbocycles. The number of nitro groups is 1. The molecule has 1 heterocycles. The average molecular weight is 285 g/mol. The maximum atomic E-state index is 12.6. The second kappa shape index (κ2) is 4.40. The van der Waals surface area contributed by atoms with Crippen LogP contribution in [-0.4, -0.2) is 32.7 Å². The van der Waals surface area contributed by atoms with Crippen LogP contribution in [-0.2, 0) is 4.79 Å². The molecular weight excluding hydrogens is 279 g/mol. The van der Waals surface area contributed by atoms with Crippen molar-refractivity contribution >= 4 is 27.4 Å². The summed E-state index contributed by atoms with van der Waals surface area (Å²) in [5.74, 6) is -2.16. The van der Waals surface area contributed by atoms with Crippen molar-refractivity contribution in [3.05, 3.63) is 16.3 Å². The summed E-state index contributed by atoms with van der Waals surface area (Å²) >= 11 is 0.317. The smallest absolute Gasteiger partial charge is 0.422 e. The fourth-order valence-electron chi connectivity index (χ4n) is 0.867. The van der Waals surface area contributed by atoms with E-state index in [-0.39, 0.29) is 0 Å². The molecule has 2 N–H and O–H groups in total. The van der Waals surface area contributed by atoms with Crippen LogP contribution in [0.3, 0.4) is 0 Å². The molecule has 0 aliphatic carbocycles. The first-order chi connectivity index (χ1) is 8.08. The summed E-state index contributed by atoms with van der Waals surface area (Å²) in [5, 5.41) is 19.6. The molecule has 0 fully saturated rings. The Balaban J connectivity index is 3.05. The lowest BCUT2D eigenvalue weighted by Crippen LogP contribution is -2.55. The highest BCUT2D eigenvalue weighted by atomic mass is 32.1. The summed E-state index contributed by atoms with van der Waals surface area (Å²) in [6.07, 6.45) is -4.34. The number of carboxylic acids is 1. The number of halogens is 3. The van der Waals surface area contributed by atoms with Gasteiger partial charge in [0.05, 0.1) is 4.92 Å². The van der Waals surface area contributed by atoms with Crippen molar-refractivity contribution in [3.8, 4) is 0 Å². The molecule has 0 bridgehead atoms. The van der Waals surface area contributed by atoms with Crippen molar-refractivity contribution in [2.24, 2.45) is 0 Å². The number of anilines is 1. The summed E-state index contributed by atoms with van der Waals surface area (Å²) in [4.78, 5) is 23.5. The molecule has 0 amide bonds. The number of carbonyl (C=O) groups is 1. The SMILES string of the molecule is CC(Nc1ncc([N+](=O)[O-])s1)(C(=O)O)C(F)(F)F. The number of carboxylic acid groups (broad SMARTS) is 1. The highest BCUT2D eigenvalue weighted by Gasteiger charge is 2.58. The zero-order valence-corrected chi connectivity index (χ0v) is 9.50. The minimum Gasteiger partial charge on any atom is -0.479 e. The molecule has 1 rings (SSSR count). The Labute approximate surface area is 101 Å². The van der Waals surface area contributed by atoms with Crippen molar-refractivity contribution in [1.82, 2.24) is 4.98 Å². The van der Waals surface area contributed by atoms with Crippen molar-refractivity contribution in [2.45, 2.75) is 18.6 Å². The molecule has 1 aromatic rings. The number of nitrogens with one attached hydrogen (secondary N) is 1. The van der Waals surface area contributed by atoms with Gasteiger partial charge in [-0.1, -0.05) is 0 Å². The second-order valence-electron chi connectivity index (χ2n) is 3.31. The maximum absolute atomic E-state index is 12.6. The number of alkyl halides is 3. The average Bonchev–Trinajstić information content (AvgIpc) is 2.63. The van der Waals surface area contributed by atoms with E-state index in [2.05, 4.69) is 4.98 Å². The molecule has 0 saturated heterocycles. The van der Waals surface area contributed by atoms with Crippen molar-refractivity contribution in [2.75, 3.05) is 5.32 Å². The van der Waals surface area contributed by atoms with E-state index in [9.17, 15) is 28.1 Å². The Morgan fingerprint density at radius 1 is 1.61 bits per heavy atom. The molecule has 1 aromatic heterocycles. The fourth-order valence-corrected chi connectivity index (χ4v) is 1.61. The van der Waals surface area contributed by atoms with E-state index < -0.39 is 32.7 Å². The van der Waals surface area contributed by atoms with Crippen LogP contribution in [0.2, 0.25) is 0 Å². The summed E-state index contributed by atoms with van der Waals surface area (Å²) in [6, 6.07) is 0. The summed E-state index contributed by atoms with van der Waals surface area (Å²) in [5.41, 5.74) is -3.27. The molecule has 0 saturated carbocycles. The molecule has 7 nitrogen and oxygen atoms in total. The van der Waals surface area contributed by atoms with Gasteiger partial charge in [-0.2, -0.15) is 13.2 Å². The molecule has 0 radical (unpaired) electrons. The summed E-state index contributed by atoms with van der Waals surface area (Å²) < 4.78 is 37.8. The topological polar surface area (TPSA) is 105 Å². The van der Waals surface area contributed by atoms with Gasteiger partial charge >= 0.3 is 17.1 Å². The lowest BCUT2D eigenvalue weighted by atomic mass is 10.0. The van der Waals surface area contributed by atoms with Gasteiger partial charge in [-0.3, -0.25) is 10.1 Å². The van der Waals surface area contributed by atoms with Gasteiger partial charge in [0.1, 0.15) is 6.20 Å². The Hall–Kier alpha value is -1.91. The van der Waals surface area contributed by atoms with Crippen LogP contribution in [0, 0.1) is 10.1 Å². The largest absolute Gasteiger partial charge is 0.479 e. The summed E-state index contributed by atoms with van der Waals surface area (Å²) in [6.45, 7) is 0.405. The van der Waals surface area contributed by atoms with E-state index in [1.807, 2.05) is 0 Å². The highest BCUT2D eigenvalue weighted by molar-refractivity contribution is 7.18. The summed E-state index contributed by atoms with van der Waals surface area (Å²) in [7, 11) is 0. The third-order valence-electron chi connectivity index (χ3n) is 2.03. The number of hydrogen-bond acceptors (Lipinski definition) is 6. The number of thiazole rings is 1. The van der Waals surface area contributed by atoms with Crippen molar-refractivity contribution < 1.29 is 28.0 Å². The predicted octanol–water partition coefficient (Wildman–Crippen LogP) is 1.87. The van der Waals surface area contributed by atoms with Gasteiger partial charge in [0.15, 0.2) is 5.13 Å². The van der Waals surface area contributed by atoms with Gasteiger partial charge in [-0.15, -0.1) is 0 Å². The number of aliphatic carboxylic acids is 1. The fraction of sp³-hybridized carbons (Fsp3) is 0.429. The second-order valence-corrected chi connectivity index (χ2v) is 4.32. The van der Waals surface area contributed by atoms with E-state index in [0.717, 1.165) is 6.20 Å². The van der Waals surface area contributed by atoms with Crippen LogP contribution in [0.25, 0.3) is 0 Å². The molecule has 0 spiro atoms. The zero-order valence-electron chi connectivity index (χ0n) is 8.69. The minimum atomic E-state index is -5.08. The first kappa shape index (κ1) is 14.2. The lowest BCUT2D eigenvalue weighted by Gasteiger charge is -2.28. The van der Waals surface area contributed by atoms with Crippen LogP contribution in [0.5, 0.6) is 0 Å². The van der Waals surface area contributed by atoms with Crippen molar-refractivity contribution in [3.63, 3.8) is 0 Å². The molecule has 11 heteroatoms. The van der Waals surface area contributed by atoms with Gasteiger partial charge in [-0.05, 0) is 18.3 Å². The van der Waals surface area contributed by atoms with Crippen LogP contribution in [0.4, 0.5) is 23.3 Å². The maximum Gasteiger partial charge on any atom is 0.422 e. The van der Waals surface area contributed by atoms with Gasteiger partial charge in [0.2, 0.25) is 5.54 Å². The van der Waals surface area contributed by atoms with Crippen molar-refractivity contribution in [1.29, 1.82) is 0 Å². The number of nitrogens with zero attached hydrogens (tertiary/aromatic N) is 2. The van der Waals surface area contributed by atoms with Gasteiger partial charge in [0.25, 0.3) is 0 Å². The number of aromatic nitrogens is 1. The lowest BCUT2D eigenvalue weighted by molar-refractivity contribution is -0.380. The van der Waals surface area contributed by atoms with E-state index >= 15 is 0 Å². The molecule has 0 aliphatic heterocycles. The third-order valence-corrected chi connectivity index (χ3v) is 2.89. The number of hydrogen-bond donors (Lipinski definition) is 2. The number of rotatable bonds is 4. The first-order valence-corrected chi connectivity index (χ1v) is 5.08. The molecule has 18 heavy (non-hydrogen) atoms. The van der Waals surface area contributed by atoms with Gasteiger partial charge in [0, 0.05) is 0 Å². The van der Waals surface area contributed by atoms with Crippen LogP contribution >= 0.6 is 11.3 Å². The van der Waals surface area contributed by atoms with Crippen LogP contribution < -0.4 is 5.32 Å². The Kier molecular flexibility index (Phi) is 3.46. The zero-order chi connectivity index (χ0) is 14.1. The van der Waals surface area contributed by atoms with E-state index in [1.54, 1.807) is 5.32 Å². The first-order valence-electron chi connectivity index (χ1n) is 4.26. The van der Waals surface area contributed by atoms with Crippen LogP contribution in [0.15, 0.2) is 6.20 Å². The Bertz CT molecular complexity index is 489. The van der Waals surface area contributed by atoms with E-state index in [1.165, 1.54) is 0 Å². The third kappa shape index (κ3) is 2.50. The minimum absolute atomic E-state index is 0.317. The molecule has 100 valence electrons. The standard InChI is InChI=1S/C7H6F3N3O4S/c1-6(4(14)15,7(8,9)10)12-5-11-2-3(18-5)13(16)17/h2H,1H3,(H,11,12)(H,14,15). The Morgan fingerprint density at radius 2 is 2.17 bits per heavy atom. The van der Waals surface area contributed by atoms with Crippen LogP contribution in [0.1, 0.15) is 6.92 Å². The predicted molar refractivity (Wildman–Crippen MR) is 54.5 cm³/mol. The van der Waals surface area contributed by atoms with E-state index in [0.29, 0.717) is 18.3 Å². The van der Waals surface area contributed by atoms with E-state index in [4.69, 9.17) is 5.11 Å². The highest BCUT2D eigenvalue weighted by Crippen LogP contribution is 2.35. The molecular formula is C7H6F3N3O4S. The molecule has 1 atom stereocenters. The normalized spacial score (nSPS) is 14.9. The van der Waals surface area contributed by atoms with Gasteiger partial charge in [-0.25, -0.2) is 9.78 Å². The monoisotopic (exact) mass is 285 g/mol. The Morgan fingerprint density at radius 3 is 2.50 bits per heavy atom. The molecule has 0 aliphatic rings. The molecule has 1 unspecified atom stereocenters. The quantitative estimate of drug-likeness (QED) is 0.646. The van der Waals surface area contributed by atoms with Gasteiger partial charge < -0.3 is 10.4 Å².